The zero-order valence-corrected chi connectivity index (χ0v) is 14.4. The number of hydrogen-bond acceptors (Lipinski definition) is 5. The quantitative estimate of drug-likeness (QED) is 0.539. The van der Waals surface area contributed by atoms with Gasteiger partial charge in [0.1, 0.15) is 4.83 Å². The first-order valence-corrected chi connectivity index (χ1v) is 8.94. The summed E-state index contributed by atoms with van der Waals surface area (Å²) in [6, 6.07) is 3.96. The number of rotatable bonds is 4. The average Bonchev–Trinajstić information content (AvgIpc) is 2.81. The third kappa shape index (κ3) is 2.68. The predicted molar refractivity (Wildman–Crippen MR) is 92.8 cm³/mol. The van der Waals surface area contributed by atoms with Crippen LogP contribution in [0.1, 0.15) is 22.9 Å². The molecule has 0 spiro atoms. The molecular weight excluding hydrogens is 314 g/mol. The molecule has 0 saturated carbocycles. The minimum absolute atomic E-state index is 0.0723. The maximum atomic E-state index is 12.7. The predicted octanol–water partition coefficient (Wildman–Crippen LogP) is 3.78. The number of nitrogens with zero attached hydrogens (tertiary/aromatic N) is 3. The van der Waals surface area contributed by atoms with E-state index in [0.717, 1.165) is 37.1 Å². The van der Waals surface area contributed by atoms with Crippen LogP contribution in [0.3, 0.4) is 0 Å². The number of aromatic nitrogens is 3. The van der Waals surface area contributed by atoms with Gasteiger partial charge in [-0.1, -0.05) is 17.8 Å². The fourth-order valence-corrected chi connectivity index (χ4v) is 4.40. The van der Waals surface area contributed by atoms with Gasteiger partial charge in [-0.05, 0) is 38.0 Å². The standard InChI is InChI=1S/C16H17N3OS2/c1-4-19-15(20)13-10(2)11(3)22-14(13)18-16(19)21-9-12-6-5-7-17-8-12/h5-8H,4,9H2,1-3H3. The van der Waals surface area contributed by atoms with Crippen molar-refractivity contribution in [3.63, 3.8) is 0 Å². The topological polar surface area (TPSA) is 47.8 Å². The Morgan fingerprint density at radius 3 is 2.86 bits per heavy atom. The first kappa shape index (κ1) is 15.2. The van der Waals surface area contributed by atoms with Crippen molar-refractivity contribution >= 4 is 33.3 Å². The molecule has 0 N–H and O–H groups in total. The van der Waals surface area contributed by atoms with Crippen molar-refractivity contribution in [2.24, 2.45) is 0 Å². The van der Waals surface area contributed by atoms with E-state index in [1.54, 1.807) is 33.9 Å². The Morgan fingerprint density at radius 2 is 2.18 bits per heavy atom. The van der Waals surface area contributed by atoms with Gasteiger partial charge in [-0.3, -0.25) is 14.3 Å². The van der Waals surface area contributed by atoms with E-state index < -0.39 is 0 Å². The van der Waals surface area contributed by atoms with Crippen molar-refractivity contribution in [1.29, 1.82) is 0 Å². The van der Waals surface area contributed by atoms with Crippen molar-refractivity contribution in [2.45, 2.75) is 38.2 Å². The van der Waals surface area contributed by atoms with Gasteiger partial charge in [0, 0.05) is 29.6 Å². The van der Waals surface area contributed by atoms with E-state index in [9.17, 15) is 4.79 Å². The van der Waals surface area contributed by atoms with Gasteiger partial charge in [0.2, 0.25) is 0 Å². The third-order valence-corrected chi connectivity index (χ3v) is 5.81. The second-order valence-corrected chi connectivity index (χ2v) is 7.20. The van der Waals surface area contributed by atoms with E-state index >= 15 is 0 Å². The Morgan fingerprint density at radius 1 is 1.36 bits per heavy atom. The monoisotopic (exact) mass is 331 g/mol. The minimum atomic E-state index is 0.0723. The molecule has 3 heterocycles. The van der Waals surface area contributed by atoms with Gasteiger partial charge in [0.15, 0.2) is 5.16 Å². The number of hydrogen-bond donors (Lipinski definition) is 0. The normalized spacial score (nSPS) is 11.2. The summed E-state index contributed by atoms with van der Waals surface area (Å²) in [7, 11) is 0. The van der Waals surface area contributed by atoms with Crippen LogP contribution in [0, 0.1) is 13.8 Å². The average molecular weight is 331 g/mol. The van der Waals surface area contributed by atoms with Crippen molar-refractivity contribution in [1.82, 2.24) is 14.5 Å². The van der Waals surface area contributed by atoms with Crippen molar-refractivity contribution < 1.29 is 0 Å². The van der Waals surface area contributed by atoms with Crippen LogP contribution in [-0.4, -0.2) is 14.5 Å². The summed E-state index contributed by atoms with van der Waals surface area (Å²) >= 11 is 3.19. The smallest absolute Gasteiger partial charge is 0.263 e. The Bertz CT molecular complexity index is 868. The molecule has 0 saturated heterocycles. The summed E-state index contributed by atoms with van der Waals surface area (Å²) in [5.41, 5.74) is 2.26. The van der Waals surface area contributed by atoms with E-state index in [0.29, 0.717) is 6.54 Å². The molecule has 0 bridgehead atoms. The van der Waals surface area contributed by atoms with Crippen molar-refractivity contribution in [3.05, 3.63) is 50.9 Å². The lowest BCUT2D eigenvalue weighted by Crippen LogP contribution is -2.22. The number of aryl methyl sites for hydroxylation is 2. The van der Waals surface area contributed by atoms with Crippen LogP contribution in [-0.2, 0) is 12.3 Å². The summed E-state index contributed by atoms with van der Waals surface area (Å²) in [5.74, 6) is 0.759. The summed E-state index contributed by atoms with van der Waals surface area (Å²) in [6.07, 6.45) is 3.61. The molecule has 0 radical (unpaired) electrons. The first-order valence-electron chi connectivity index (χ1n) is 7.14. The van der Waals surface area contributed by atoms with Gasteiger partial charge in [-0.2, -0.15) is 0 Å². The Hall–Kier alpha value is -1.66. The van der Waals surface area contributed by atoms with Crippen LogP contribution >= 0.6 is 23.1 Å². The number of pyridine rings is 1. The molecular formula is C16H17N3OS2. The SMILES string of the molecule is CCn1c(SCc2cccnc2)nc2sc(C)c(C)c2c1=O. The molecule has 3 aromatic heterocycles. The van der Waals surface area contributed by atoms with Gasteiger partial charge < -0.3 is 0 Å². The van der Waals surface area contributed by atoms with Crippen LogP contribution in [0.2, 0.25) is 0 Å². The van der Waals surface area contributed by atoms with E-state index in [1.807, 2.05) is 39.1 Å². The van der Waals surface area contributed by atoms with Crippen molar-refractivity contribution in [3.8, 4) is 0 Å². The molecule has 0 aliphatic rings. The lowest BCUT2D eigenvalue weighted by molar-refractivity contribution is 0.635. The molecule has 0 atom stereocenters. The van der Waals surface area contributed by atoms with E-state index in [4.69, 9.17) is 4.98 Å². The van der Waals surface area contributed by atoms with Crippen LogP contribution in [0.4, 0.5) is 0 Å². The second-order valence-electron chi connectivity index (χ2n) is 5.06. The molecule has 0 aliphatic carbocycles. The van der Waals surface area contributed by atoms with Gasteiger partial charge >= 0.3 is 0 Å². The zero-order valence-electron chi connectivity index (χ0n) is 12.8. The lowest BCUT2D eigenvalue weighted by Gasteiger charge is -2.09. The largest absolute Gasteiger partial charge is 0.287 e. The third-order valence-electron chi connectivity index (χ3n) is 3.66. The maximum Gasteiger partial charge on any atom is 0.263 e. The van der Waals surface area contributed by atoms with E-state index in [1.165, 1.54) is 0 Å². The van der Waals surface area contributed by atoms with Gasteiger partial charge in [0.05, 0.1) is 5.39 Å². The highest BCUT2D eigenvalue weighted by Crippen LogP contribution is 2.29. The van der Waals surface area contributed by atoms with Crippen LogP contribution in [0.5, 0.6) is 0 Å². The zero-order chi connectivity index (χ0) is 15.7. The van der Waals surface area contributed by atoms with Crippen molar-refractivity contribution in [2.75, 3.05) is 0 Å². The first-order chi connectivity index (χ1) is 10.6. The summed E-state index contributed by atoms with van der Waals surface area (Å²) < 4.78 is 1.77. The number of thiophene rings is 1. The van der Waals surface area contributed by atoms with Gasteiger partial charge in [0.25, 0.3) is 5.56 Å². The van der Waals surface area contributed by atoms with Gasteiger partial charge in [-0.15, -0.1) is 11.3 Å². The maximum absolute atomic E-state index is 12.7. The highest BCUT2D eigenvalue weighted by molar-refractivity contribution is 7.98. The Balaban J connectivity index is 2.04. The Kier molecular flexibility index (Phi) is 4.31. The molecule has 4 nitrogen and oxygen atoms in total. The number of thioether (sulfide) groups is 1. The molecule has 6 heteroatoms. The molecule has 114 valence electrons. The van der Waals surface area contributed by atoms with Crippen LogP contribution < -0.4 is 5.56 Å². The molecule has 0 aliphatic heterocycles. The van der Waals surface area contributed by atoms with Crippen LogP contribution in [0.25, 0.3) is 10.2 Å². The highest BCUT2D eigenvalue weighted by atomic mass is 32.2. The lowest BCUT2D eigenvalue weighted by atomic mass is 10.2. The van der Waals surface area contributed by atoms with Gasteiger partial charge in [-0.25, -0.2) is 4.98 Å². The molecule has 0 fully saturated rings. The highest BCUT2D eigenvalue weighted by Gasteiger charge is 2.15. The molecule has 22 heavy (non-hydrogen) atoms. The van der Waals surface area contributed by atoms with E-state index in [-0.39, 0.29) is 5.56 Å². The minimum Gasteiger partial charge on any atom is -0.287 e. The second kappa shape index (κ2) is 6.22. The fraction of sp³-hybridized carbons (Fsp3) is 0.312. The molecule has 3 aromatic rings. The Labute approximate surface area is 137 Å². The molecule has 0 amide bonds. The summed E-state index contributed by atoms with van der Waals surface area (Å²) in [6.45, 7) is 6.66. The van der Waals surface area contributed by atoms with Crippen LogP contribution in [0.15, 0.2) is 34.5 Å². The number of fused-ring (bicyclic) bond motifs is 1. The molecule has 0 aromatic carbocycles. The summed E-state index contributed by atoms with van der Waals surface area (Å²) in [5, 5.41) is 1.56. The summed E-state index contributed by atoms with van der Waals surface area (Å²) in [4.78, 5) is 23.6. The molecule has 3 rings (SSSR count). The fourth-order valence-electron chi connectivity index (χ4n) is 2.33. The van der Waals surface area contributed by atoms with E-state index in [2.05, 4.69) is 4.98 Å². The molecule has 0 unspecified atom stereocenters.